The summed E-state index contributed by atoms with van der Waals surface area (Å²) in [6, 6.07) is 27.6. The number of benzene rings is 3. The number of nitrogens with zero attached hydrogens (tertiary/aromatic N) is 4. The highest BCUT2D eigenvalue weighted by Crippen LogP contribution is 2.33. The van der Waals surface area contributed by atoms with Crippen LogP contribution >= 0.6 is 0 Å². The van der Waals surface area contributed by atoms with Crippen LogP contribution in [0.15, 0.2) is 102 Å². The van der Waals surface area contributed by atoms with E-state index < -0.39 is 11.8 Å². The molecule has 1 atom stereocenters. The Morgan fingerprint density at radius 3 is 2.45 bits per heavy atom. The van der Waals surface area contributed by atoms with Gasteiger partial charge in [-0.1, -0.05) is 48.5 Å². The molecular weight excluding hydrogens is 552 g/mol. The Hall–Kier alpha value is -5.26. The topological polar surface area (TPSA) is 97.5 Å². The molecule has 3 aromatic carbocycles. The lowest BCUT2D eigenvalue weighted by Gasteiger charge is -2.29. The van der Waals surface area contributed by atoms with Crippen LogP contribution in [-0.4, -0.2) is 45.8 Å². The van der Waals surface area contributed by atoms with Crippen molar-refractivity contribution in [2.24, 2.45) is 0 Å². The molecule has 0 spiro atoms. The average molecular weight is 585 g/mol. The van der Waals surface area contributed by atoms with Crippen LogP contribution in [0.5, 0.6) is 5.75 Å². The summed E-state index contributed by atoms with van der Waals surface area (Å²) in [5.41, 5.74) is 5.65. The quantitative estimate of drug-likeness (QED) is 0.181. The van der Waals surface area contributed by atoms with E-state index >= 15 is 0 Å². The number of hydrogen-bond donors (Lipinski definition) is 0. The molecule has 1 aromatic heterocycles. The molecule has 220 valence electrons. The second kappa shape index (κ2) is 12.5. The van der Waals surface area contributed by atoms with E-state index in [1.54, 1.807) is 17.7 Å². The lowest BCUT2D eigenvalue weighted by atomic mass is 9.93. The number of rotatable bonds is 8. The molecule has 6 rings (SSSR count). The standard InChI is InChI=1S/C36H32N4O4/c1-24-18-27(15-16-33(24)44-23-26-10-5-3-6-11-26)34-28(21-40(38-34)29-12-7-4-8-13-29)19-31-25(2)32(20-37)36(42)39(35(31)41)22-30-14-9-17-43-30/h3-8,10-13,15-16,18-19,21,30H,9,14,17,22-23H2,1-2H3/b31-19+. The first kappa shape index (κ1) is 28.8. The first-order valence-electron chi connectivity index (χ1n) is 14.7. The van der Waals surface area contributed by atoms with Gasteiger partial charge in [-0.25, -0.2) is 4.68 Å². The van der Waals surface area contributed by atoms with Crippen molar-refractivity contribution in [3.63, 3.8) is 0 Å². The van der Waals surface area contributed by atoms with Crippen LogP contribution in [-0.2, 0) is 20.9 Å². The summed E-state index contributed by atoms with van der Waals surface area (Å²) in [5, 5.41) is 14.8. The molecule has 0 bridgehead atoms. The molecule has 4 aromatic rings. The summed E-state index contributed by atoms with van der Waals surface area (Å²) in [5.74, 6) is -0.256. The second-order valence-electron chi connectivity index (χ2n) is 11.0. The van der Waals surface area contributed by atoms with Crippen molar-refractivity contribution in [3.8, 4) is 28.8 Å². The van der Waals surface area contributed by atoms with Crippen molar-refractivity contribution in [2.75, 3.05) is 13.2 Å². The minimum absolute atomic E-state index is 0.0402. The Bertz CT molecular complexity index is 1810. The minimum atomic E-state index is -0.579. The average Bonchev–Trinajstić information content (AvgIpc) is 3.72. The molecule has 0 saturated carbocycles. The molecule has 0 radical (unpaired) electrons. The van der Waals surface area contributed by atoms with Gasteiger partial charge in [0.1, 0.15) is 24.0 Å². The smallest absolute Gasteiger partial charge is 0.271 e. The molecule has 44 heavy (non-hydrogen) atoms. The number of para-hydroxylation sites is 1. The third-order valence-corrected chi connectivity index (χ3v) is 7.98. The molecular formula is C36H32N4O4. The van der Waals surface area contributed by atoms with Crippen molar-refractivity contribution >= 4 is 17.9 Å². The van der Waals surface area contributed by atoms with E-state index in [1.807, 2.05) is 98.1 Å². The highest BCUT2D eigenvalue weighted by molar-refractivity contribution is 6.19. The summed E-state index contributed by atoms with van der Waals surface area (Å²) in [4.78, 5) is 28.1. The maximum atomic E-state index is 13.8. The number of carbonyl (C=O) groups excluding carboxylic acids is 2. The van der Waals surface area contributed by atoms with Crippen LogP contribution < -0.4 is 4.74 Å². The van der Waals surface area contributed by atoms with Gasteiger partial charge in [-0.2, -0.15) is 10.4 Å². The maximum Gasteiger partial charge on any atom is 0.271 e. The van der Waals surface area contributed by atoms with E-state index in [-0.39, 0.29) is 23.8 Å². The molecule has 2 amide bonds. The number of aryl methyl sites for hydroxylation is 1. The Morgan fingerprint density at radius 1 is 1.02 bits per heavy atom. The maximum absolute atomic E-state index is 13.8. The SMILES string of the molecule is CC1=C(C#N)C(=O)N(CC2CCCO2)C(=O)/C1=C/c1cn(-c2ccccc2)nc1-c1ccc(OCc2ccccc2)c(C)c1. The van der Waals surface area contributed by atoms with Gasteiger partial charge in [0.15, 0.2) is 0 Å². The third-order valence-electron chi connectivity index (χ3n) is 7.98. The molecule has 1 unspecified atom stereocenters. The van der Waals surface area contributed by atoms with E-state index in [2.05, 4.69) is 0 Å². The molecule has 1 saturated heterocycles. The predicted octanol–water partition coefficient (Wildman–Crippen LogP) is 6.20. The lowest BCUT2D eigenvalue weighted by molar-refractivity contribution is -0.142. The fraction of sp³-hybridized carbons (Fsp3) is 0.222. The number of nitriles is 1. The van der Waals surface area contributed by atoms with Crippen LogP contribution in [0, 0.1) is 18.3 Å². The van der Waals surface area contributed by atoms with Crippen LogP contribution in [0.1, 0.15) is 36.5 Å². The van der Waals surface area contributed by atoms with Crippen molar-refractivity contribution in [1.29, 1.82) is 5.26 Å². The minimum Gasteiger partial charge on any atom is -0.489 e. The van der Waals surface area contributed by atoms with Gasteiger partial charge >= 0.3 is 0 Å². The van der Waals surface area contributed by atoms with Gasteiger partial charge < -0.3 is 9.47 Å². The molecule has 2 aliphatic rings. The number of imide groups is 1. The number of amides is 2. The van der Waals surface area contributed by atoms with Crippen LogP contribution in [0.4, 0.5) is 0 Å². The first-order chi connectivity index (χ1) is 21.4. The van der Waals surface area contributed by atoms with Gasteiger partial charge in [0.25, 0.3) is 11.8 Å². The lowest BCUT2D eigenvalue weighted by Crippen LogP contribution is -2.46. The first-order valence-corrected chi connectivity index (χ1v) is 14.7. The zero-order valence-electron chi connectivity index (χ0n) is 24.7. The molecule has 8 nitrogen and oxygen atoms in total. The summed E-state index contributed by atoms with van der Waals surface area (Å²) < 4.78 is 13.6. The summed E-state index contributed by atoms with van der Waals surface area (Å²) >= 11 is 0. The molecule has 2 aliphatic heterocycles. The van der Waals surface area contributed by atoms with E-state index in [4.69, 9.17) is 14.6 Å². The van der Waals surface area contributed by atoms with Gasteiger partial charge in [0, 0.05) is 29.5 Å². The normalized spacial score (nSPS) is 17.8. The van der Waals surface area contributed by atoms with Crippen molar-refractivity contribution in [2.45, 2.75) is 39.4 Å². The van der Waals surface area contributed by atoms with E-state index in [1.165, 1.54) is 0 Å². The molecule has 0 N–H and O–H groups in total. The molecule has 8 heteroatoms. The zero-order chi connectivity index (χ0) is 30.6. The van der Waals surface area contributed by atoms with E-state index in [0.29, 0.717) is 30.0 Å². The van der Waals surface area contributed by atoms with Gasteiger partial charge in [0.2, 0.25) is 0 Å². The van der Waals surface area contributed by atoms with Crippen molar-refractivity contribution in [3.05, 3.63) is 118 Å². The third kappa shape index (κ3) is 5.83. The fourth-order valence-electron chi connectivity index (χ4n) is 5.57. The number of hydrogen-bond acceptors (Lipinski definition) is 6. The van der Waals surface area contributed by atoms with Crippen molar-refractivity contribution < 1.29 is 19.1 Å². The molecule has 1 fully saturated rings. The zero-order valence-corrected chi connectivity index (χ0v) is 24.7. The van der Waals surface area contributed by atoms with Gasteiger partial charge in [-0.05, 0) is 79.8 Å². The highest BCUT2D eigenvalue weighted by Gasteiger charge is 2.37. The van der Waals surface area contributed by atoms with Crippen LogP contribution in [0.3, 0.4) is 0 Å². The molecule has 0 aliphatic carbocycles. The number of ether oxygens (including phenoxy) is 2. The summed E-state index contributed by atoms with van der Waals surface area (Å²) in [6.45, 7) is 4.81. The Labute approximate surface area is 256 Å². The van der Waals surface area contributed by atoms with Crippen LogP contribution in [0.25, 0.3) is 23.0 Å². The predicted molar refractivity (Wildman–Crippen MR) is 166 cm³/mol. The number of carbonyl (C=O) groups is 2. The van der Waals surface area contributed by atoms with E-state index in [0.717, 1.165) is 45.9 Å². The molecule has 3 heterocycles. The van der Waals surface area contributed by atoms with Crippen molar-refractivity contribution in [1.82, 2.24) is 14.7 Å². The van der Waals surface area contributed by atoms with Gasteiger partial charge in [0.05, 0.1) is 24.0 Å². The fourth-order valence-corrected chi connectivity index (χ4v) is 5.57. The Morgan fingerprint density at radius 2 is 1.77 bits per heavy atom. The van der Waals surface area contributed by atoms with Crippen LogP contribution in [0.2, 0.25) is 0 Å². The van der Waals surface area contributed by atoms with Gasteiger partial charge in [-0.3, -0.25) is 14.5 Å². The second-order valence-corrected chi connectivity index (χ2v) is 11.0. The Balaban J connectivity index is 1.40. The summed E-state index contributed by atoms with van der Waals surface area (Å²) in [7, 11) is 0. The monoisotopic (exact) mass is 584 g/mol. The van der Waals surface area contributed by atoms with E-state index in [9.17, 15) is 14.9 Å². The summed E-state index contributed by atoms with van der Waals surface area (Å²) in [6.07, 6.45) is 5.01. The largest absolute Gasteiger partial charge is 0.489 e. The van der Waals surface area contributed by atoms with Gasteiger partial charge in [-0.15, -0.1) is 0 Å². The highest BCUT2D eigenvalue weighted by atomic mass is 16.5. The Kier molecular flexibility index (Phi) is 8.22. The number of aromatic nitrogens is 2.